The Morgan fingerprint density at radius 2 is 2.24 bits per heavy atom. The number of nitrogens with one attached hydrogen (secondary N) is 1. The minimum Gasteiger partial charge on any atom is -0.208 e. The molecule has 0 aliphatic heterocycles. The van der Waals surface area contributed by atoms with Crippen molar-refractivity contribution in [3.8, 4) is 0 Å². The predicted octanol–water partition coefficient (Wildman–Crippen LogP) is 3.85. The van der Waals surface area contributed by atoms with Crippen molar-refractivity contribution in [2.75, 3.05) is 5.88 Å². The van der Waals surface area contributed by atoms with E-state index >= 15 is 0 Å². The summed E-state index contributed by atoms with van der Waals surface area (Å²) in [5.41, 5.74) is 0. The fraction of sp³-hybridized carbons (Fsp3) is 0.556. The zero-order valence-corrected chi connectivity index (χ0v) is 13.8. The zero-order valence-electron chi connectivity index (χ0n) is 9.04. The Kier molecular flexibility index (Phi) is 6.22. The Labute approximate surface area is 124 Å². The van der Waals surface area contributed by atoms with E-state index in [4.69, 9.17) is 23.2 Å². The number of halogens is 3. The lowest BCUT2D eigenvalue weighted by molar-refractivity contribution is 0.546. The van der Waals surface area contributed by atoms with Gasteiger partial charge in [-0.1, -0.05) is 11.6 Å². The van der Waals surface area contributed by atoms with Crippen LogP contribution >= 0.6 is 50.5 Å². The highest BCUT2D eigenvalue weighted by Gasteiger charge is 2.20. The second kappa shape index (κ2) is 6.73. The minimum atomic E-state index is -3.48. The Balaban J connectivity index is 2.75. The first-order valence-corrected chi connectivity index (χ1v) is 8.90. The first-order valence-electron chi connectivity index (χ1n) is 4.90. The van der Waals surface area contributed by atoms with E-state index in [1.54, 1.807) is 0 Å². The van der Waals surface area contributed by atoms with Crippen molar-refractivity contribution >= 4 is 60.5 Å². The molecule has 1 rings (SSSR count). The highest BCUT2D eigenvalue weighted by molar-refractivity contribution is 9.11. The van der Waals surface area contributed by atoms with Gasteiger partial charge in [-0.2, -0.15) is 0 Å². The average Bonchev–Trinajstić information content (AvgIpc) is 2.56. The molecule has 0 aromatic carbocycles. The molecule has 0 radical (unpaired) electrons. The maximum Gasteiger partial charge on any atom is 0.250 e. The van der Waals surface area contributed by atoms with Crippen LogP contribution in [0.4, 0.5) is 0 Å². The molecule has 0 aliphatic carbocycles. The standard InChI is InChI=1S/C9H12BrCl2NO2S2/c1-6(3-2-4-11)13-17(14,15)8-5-7(12)9(10)16-8/h5-6,13H,2-4H2,1H3. The van der Waals surface area contributed by atoms with Crippen LogP contribution in [0, 0.1) is 0 Å². The molecule has 8 heteroatoms. The molecule has 3 nitrogen and oxygen atoms in total. The quantitative estimate of drug-likeness (QED) is 0.761. The van der Waals surface area contributed by atoms with Crippen molar-refractivity contribution in [3.05, 3.63) is 14.9 Å². The number of rotatable bonds is 6. The van der Waals surface area contributed by atoms with Gasteiger partial charge in [0.15, 0.2) is 0 Å². The smallest absolute Gasteiger partial charge is 0.208 e. The molecular formula is C9H12BrCl2NO2S2. The molecule has 0 fully saturated rings. The number of sulfonamides is 1. The van der Waals surface area contributed by atoms with Gasteiger partial charge in [-0.3, -0.25) is 0 Å². The third-order valence-corrected chi connectivity index (χ3v) is 6.82. The van der Waals surface area contributed by atoms with E-state index in [0.717, 1.165) is 17.8 Å². The van der Waals surface area contributed by atoms with E-state index in [-0.39, 0.29) is 10.3 Å². The van der Waals surface area contributed by atoms with Gasteiger partial charge < -0.3 is 0 Å². The van der Waals surface area contributed by atoms with Crippen molar-refractivity contribution in [2.24, 2.45) is 0 Å². The molecule has 0 spiro atoms. The van der Waals surface area contributed by atoms with Crippen molar-refractivity contribution in [1.82, 2.24) is 4.72 Å². The Bertz CT molecular complexity index is 456. The molecular weight excluding hydrogens is 369 g/mol. The van der Waals surface area contributed by atoms with Gasteiger partial charge in [-0.15, -0.1) is 22.9 Å². The maximum absolute atomic E-state index is 12.0. The predicted molar refractivity (Wildman–Crippen MR) is 76.8 cm³/mol. The summed E-state index contributed by atoms with van der Waals surface area (Å²) in [4.78, 5) is 0. The fourth-order valence-corrected chi connectivity index (χ4v) is 5.07. The van der Waals surface area contributed by atoms with Gasteiger partial charge in [0.25, 0.3) is 0 Å². The van der Waals surface area contributed by atoms with Crippen LogP contribution in [-0.2, 0) is 10.0 Å². The van der Waals surface area contributed by atoms with Gasteiger partial charge in [0.1, 0.15) is 4.21 Å². The van der Waals surface area contributed by atoms with E-state index in [0.29, 0.717) is 21.1 Å². The highest BCUT2D eigenvalue weighted by Crippen LogP contribution is 2.34. The van der Waals surface area contributed by atoms with Crippen LogP contribution in [0.25, 0.3) is 0 Å². The number of thiophene rings is 1. The highest BCUT2D eigenvalue weighted by atomic mass is 79.9. The molecule has 0 bridgehead atoms. The normalized spacial score (nSPS) is 13.9. The lowest BCUT2D eigenvalue weighted by atomic mass is 10.2. The van der Waals surface area contributed by atoms with E-state index < -0.39 is 10.0 Å². The topological polar surface area (TPSA) is 46.2 Å². The maximum atomic E-state index is 12.0. The number of hydrogen-bond donors (Lipinski definition) is 1. The molecule has 1 aromatic rings. The molecule has 1 aromatic heterocycles. The van der Waals surface area contributed by atoms with Gasteiger partial charge >= 0.3 is 0 Å². The lowest BCUT2D eigenvalue weighted by Gasteiger charge is -2.12. The van der Waals surface area contributed by atoms with E-state index in [2.05, 4.69) is 20.7 Å². The van der Waals surface area contributed by atoms with E-state index in [9.17, 15) is 8.42 Å². The Morgan fingerprint density at radius 1 is 1.59 bits per heavy atom. The SMILES string of the molecule is CC(CCCCl)NS(=O)(=O)c1cc(Cl)c(Br)s1. The number of hydrogen-bond acceptors (Lipinski definition) is 3. The first-order chi connectivity index (χ1) is 7.86. The van der Waals surface area contributed by atoms with Crippen LogP contribution in [0.2, 0.25) is 5.02 Å². The van der Waals surface area contributed by atoms with Crippen LogP contribution in [-0.4, -0.2) is 20.3 Å². The summed E-state index contributed by atoms with van der Waals surface area (Å²) in [7, 11) is -3.48. The molecule has 0 amide bonds. The van der Waals surface area contributed by atoms with Gasteiger partial charge in [-0.25, -0.2) is 13.1 Å². The van der Waals surface area contributed by atoms with Gasteiger partial charge in [0.05, 0.1) is 8.81 Å². The van der Waals surface area contributed by atoms with Crippen LogP contribution in [0.3, 0.4) is 0 Å². The molecule has 1 heterocycles. The van der Waals surface area contributed by atoms with Gasteiger partial charge in [-0.05, 0) is 41.8 Å². The summed E-state index contributed by atoms with van der Waals surface area (Å²) in [6, 6.07) is 1.30. The summed E-state index contributed by atoms with van der Waals surface area (Å²) in [5.74, 6) is 0.530. The van der Waals surface area contributed by atoms with Crippen LogP contribution < -0.4 is 4.72 Å². The van der Waals surface area contributed by atoms with Crippen LogP contribution in [0.15, 0.2) is 14.1 Å². The molecule has 0 saturated carbocycles. The molecule has 17 heavy (non-hydrogen) atoms. The van der Waals surface area contributed by atoms with E-state index in [1.807, 2.05) is 6.92 Å². The van der Waals surface area contributed by atoms with Crippen LogP contribution in [0.1, 0.15) is 19.8 Å². The largest absolute Gasteiger partial charge is 0.250 e. The van der Waals surface area contributed by atoms with Gasteiger partial charge in [0, 0.05) is 11.9 Å². The Hall–Kier alpha value is 0.670. The second-order valence-electron chi connectivity index (χ2n) is 3.54. The monoisotopic (exact) mass is 379 g/mol. The molecule has 0 aliphatic rings. The molecule has 1 N–H and O–H groups in total. The summed E-state index contributed by atoms with van der Waals surface area (Å²) in [6.07, 6.45) is 1.49. The average molecular weight is 381 g/mol. The van der Waals surface area contributed by atoms with Gasteiger partial charge in [0.2, 0.25) is 10.0 Å². The second-order valence-corrected chi connectivity index (χ2v) is 8.64. The Morgan fingerprint density at radius 3 is 2.71 bits per heavy atom. The zero-order chi connectivity index (χ0) is 13.1. The summed E-state index contributed by atoms with van der Waals surface area (Å²) in [5, 5.41) is 0.406. The van der Waals surface area contributed by atoms with Crippen molar-refractivity contribution in [1.29, 1.82) is 0 Å². The first kappa shape index (κ1) is 15.7. The third-order valence-electron chi connectivity index (χ3n) is 2.01. The summed E-state index contributed by atoms with van der Waals surface area (Å²) < 4.78 is 27.3. The van der Waals surface area contributed by atoms with Crippen molar-refractivity contribution in [2.45, 2.75) is 30.0 Å². The van der Waals surface area contributed by atoms with Crippen LogP contribution in [0.5, 0.6) is 0 Å². The van der Waals surface area contributed by atoms with E-state index in [1.165, 1.54) is 6.07 Å². The molecule has 1 atom stereocenters. The summed E-state index contributed by atoms with van der Waals surface area (Å²) in [6.45, 7) is 1.81. The number of alkyl halides is 1. The molecule has 1 unspecified atom stereocenters. The fourth-order valence-electron chi connectivity index (χ4n) is 1.22. The van der Waals surface area contributed by atoms with Crippen molar-refractivity contribution < 1.29 is 8.42 Å². The molecule has 0 saturated heterocycles. The lowest BCUT2D eigenvalue weighted by Crippen LogP contribution is -2.32. The van der Waals surface area contributed by atoms with Crippen molar-refractivity contribution in [3.63, 3.8) is 0 Å². The molecule has 98 valence electrons. The summed E-state index contributed by atoms with van der Waals surface area (Å²) >= 11 is 15.7. The minimum absolute atomic E-state index is 0.140. The third kappa shape index (κ3) is 4.69.